The summed E-state index contributed by atoms with van der Waals surface area (Å²) >= 11 is 0. The van der Waals surface area contributed by atoms with Gasteiger partial charge in [0.2, 0.25) is 0 Å². The van der Waals surface area contributed by atoms with E-state index in [1.165, 1.54) is 6.07 Å². The summed E-state index contributed by atoms with van der Waals surface area (Å²) in [6.45, 7) is 1.73. The number of carbonyl (C=O) groups is 1. The number of amides is 1. The highest BCUT2D eigenvalue weighted by Gasteiger charge is 2.14. The molecule has 0 saturated heterocycles. The third-order valence-electron chi connectivity index (χ3n) is 2.70. The predicted molar refractivity (Wildman–Crippen MR) is 64.7 cm³/mol. The lowest BCUT2D eigenvalue weighted by Crippen LogP contribution is -2.12. The summed E-state index contributed by atoms with van der Waals surface area (Å²) < 4.78 is 22.9. The van der Waals surface area contributed by atoms with E-state index < -0.39 is 15.7 Å². The predicted octanol–water partition coefficient (Wildman–Crippen LogP) is 0.979. The van der Waals surface area contributed by atoms with Gasteiger partial charge in [0.05, 0.1) is 4.90 Å². The summed E-state index contributed by atoms with van der Waals surface area (Å²) in [6.07, 6.45) is 1.14. The number of aryl methyl sites for hydroxylation is 1. The van der Waals surface area contributed by atoms with E-state index in [4.69, 9.17) is 5.73 Å². The van der Waals surface area contributed by atoms with E-state index >= 15 is 0 Å². The minimum Gasteiger partial charge on any atom is -0.364 e. The summed E-state index contributed by atoms with van der Waals surface area (Å²) in [5.41, 5.74) is 6.89. The first-order valence-electron chi connectivity index (χ1n) is 4.93. The molecule has 5 nitrogen and oxygen atoms in total. The van der Waals surface area contributed by atoms with Crippen LogP contribution in [0.3, 0.4) is 0 Å². The van der Waals surface area contributed by atoms with Crippen molar-refractivity contribution < 1.29 is 13.2 Å². The summed E-state index contributed by atoms with van der Waals surface area (Å²) in [7, 11) is -3.25. The number of primary amides is 1. The first-order chi connectivity index (χ1) is 7.80. The Hall–Kier alpha value is -1.82. The molecule has 2 rings (SSSR count). The Bertz CT molecular complexity index is 714. The van der Waals surface area contributed by atoms with Crippen LogP contribution in [0.5, 0.6) is 0 Å². The maximum absolute atomic E-state index is 11.4. The van der Waals surface area contributed by atoms with Crippen molar-refractivity contribution in [3.05, 3.63) is 29.5 Å². The maximum atomic E-state index is 11.4. The number of carbonyl (C=O) groups excluding carboxylic acids is 1. The minimum atomic E-state index is -3.25. The van der Waals surface area contributed by atoms with Crippen molar-refractivity contribution in [3.63, 3.8) is 0 Å². The fraction of sp³-hybridized carbons (Fsp3) is 0.182. The van der Waals surface area contributed by atoms with Gasteiger partial charge in [-0.15, -0.1) is 0 Å². The van der Waals surface area contributed by atoms with Crippen LogP contribution < -0.4 is 5.73 Å². The third-order valence-corrected chi connectivity index (χ3v) is 3.81. The van der Waals surface area contributed by atoms with Crippen molar-refractivity contribution >= 4 is 26.6 Å². The molecular formula is C11H12N2O3S. The molecule has 0 aliphatic rings. The number of nitrogens with one attached hydrogen (secondary N) is 1. The summed E-state index contributed by atoms with van der Waals surface area (Å²) in [6, 6.07) is 4.67. The SMILES string of the molecule is Cc1c(C(N)=O)[nH]c2ccc(S(C)(=O)=O)cc12. The van der Waals surface area contributed by atoms with E-state index in [0.29, 0.717) is 22.2 Å². The number of hydrogen-bond donors (Lipinski definition) is 2. The molecule has 0 unspecified atom stereocenters. The quantitative estimate of drug-likeness (QED) is 0.834. The van der Waals surface area contributed by atoms with Gasteiger partial charge >= 0.3 is 0 Å². The highest BCUT2D eigenvalue weighted by molar-refractivity contribution is 7.90. The fourth-order valence-electron chi connectivity index (χ4n) is 1.78. The maximum Gasteiger partial charge on any atom is 0.265 e. The molecule has 1 heterocycles. The second-order valence-corrected chi connectivity index (χ2v) is 5.98. The minimum absolute atomic E-state index is 0.225. The Labute approximate surface area is 98.5 Å². The van der Waals surface area contributed by atoms with Gasteiger partial charge in [-0.2, -0.15) is 0 Å². The van der Waals surface area contributed by atoms with Crippen LogP contribution in [0.15, 0.2) is 23.1 Å². The first kappa shape index (κ1) is 11.7. The normalized spacial score (nSPS) is 11.9. The third kappa shape index (κ3) is 1.91. The molecule has 0 spiro atoms. The van der Waals surface area contributed by atoms with Gasteiger partial charge in [-0.05, 0) is 30.7 Å². The van der Waals surface area contributed by atoms with Crippen LogP contribution in [0.1, 0.15) is 16.1 Å². The second-order valence-electron chi connectivity index (χ2n) is 3.97. The molecule has 0 fully saturated rings. The van der Waals surface area contributed by atoms with Crippen LogP contribution in [0, 0.1) is 6.92 Å². The van der Waals surface area contributed by atoms with Gasteiger partial charge in [-0.25, -0.2) is 8.42 Å². The number of nitrogens with two attached hydrogens (primary N) is 1. The molecule has 1 amide bonds. The Morgan fingerprint density at radius 2 is 2.00 bits per heavy atom. The van der Waals surface area contributed by atoms with Gasteiger partial charge in [0.1, 0.15) is 5.69 Å². The summed E-state index contributed by atoms with van der Waals surface area (Å²) in [4.78, 5) is 14.2. The molecule has 2 aromatic rings. The number of sulfone groups is 1. The monoisotopic (exact) mass is 252 g/mol. The molecule has 6 heteroatoms. The molecule has 3 N–H and O–H groups in total. The van der Waals surface area contributed by atoms with Crippen molar-refractivity contribution in [1.29, 1.82) is 0 Å². The van der Waals surface area contributed by atoms with E-state index in [1.807, 2.05) is 0 Å². The molecule has 17 heavy (non-hydrogen) atoms. The highest BCUT2D eigenvalue weighted by atomic mass is 32.2. The molecule has 0 bridgehead atoms. The van der Waals surface area contributed by atoms with Crippen LogP contribution in [-0.2, 0) is 9.84 Å². The van der Waals surface area contributed by atoms with Crippen LogP contribution in [0.25, 0.3) is 10.9 Å². The molecular weight excluding hydrogens is 240 g/mol. The molecule has 1 aromatic heterocycles. The molecule has 1 aromatic carbocycles. The number of hydrogen-bond acceptors (Lipinski definition) is 3. The molecule has 0 aliphatic heterocycles. The van der Waals surface area contributed by atoms with Gasteiger partial charge in [0, 0.05) is 17.2 Å². The second kappa shape index (κ2) is 3.59. The Balaban J connectivity index is 2.78. The van der Waals surface area contributed by atoms with Crippen LogP contribution in [0.4, 0.5) is 0 Å². The van der Waals surface area contributed by atoms with Crippen molar-refractivity contribution in [2.24, 2.45) is 5.73 Å². The summed E-state index contributed by atoms with van der Waals surface area (Å²) in [5, 5.41) is 0.696. The smallest absolute Gasteiger partial charge is 0.265 e. The summed E-state index contributed by atoms with van der Waals surface area (Å²) in [5.74, 6) is -0.556. The average Bonchev–Trinajstić information content (AvgIpc) is 2.54. The number of fused-ring (bicyclic) bond motifs is 1. The molecule has 0 radical (unpaired) electrons. The van der Waals surface area contributed by atoms with Crippen molar-refractivity contribution in [3.8, 4) is 0 Å². The first-order valence-corrected chi connectivity index (χ1v) is 6.82. The zero-order valence-corrected chi connectivity index (χ0v) is 10.3. The number of benzene rings is 1. The van der Waals surface area contributed by atoms with Crippen LogP contribution >= 0.6 is 0 Å². The van der Waals surface area contributed by atoms with E-state index in [1.54, 1.807) is 19.1 Å². The fourth-order valence-corrected chi connectivity index (χ4v) is 2.43. The Morgan fingerprint density at radius 3 is 2.53 bits per heavy atom. The average molecular weight is 252 g/mol. The Morgan fingerprint density at radius 1 is 1.35 bits per heavy atom. The van der Waals surface area contributed by atoms with Gasteiger partial charge in [0.15, 0.2) is 9.84 Å². The largest absolute Gasteiger partial charge is 0.364 e. The molecule has 0 aliphatic carbocycles. The number of aromatic nitrogens is 1. The molecule has 0 atom stereocenters. The lowest BCUT2D eigenvalue weighted by atomic mass is 10.1. The lowest BCUT2D eigenvalue weighted by Gasteiger charge is -1.98. The zero-order valence-electron chi connectivity index (χ0n) is 9.44. The standard InChI is InChI=1S/C11H12N2O3S/c1-6-8-5-7(17(2,15)16)3-4-9(8)13-10(6)11(12)14/h3-5,13H,1-2H3,(H2,12,14). The van der Waals surface area contributed by atoms with E-state index in [2.05, 4.69) is 4.98 Å². The van der Waals surface area contributed by atoms with Gasteiger partial charge < -0.3 is 10.7 Å². The van der Waals surface area contributed by atoms with Gasteiger partial charge in [-0.1, -0.05) is 0 Å². The Kier molecular flexibility index (Phi) is 2.46. The molecule has 0 saturated carbocycles. The highest BCUT2D eigenvalue weighted by Crippen LogP contribution is 2.24. The van der Waals surface area contributed by atoms with Crippen molar-refractivity contribution in [2.45, 2.75) is 11.8 Å². The topological polar surface area (TPSA) is 93.0 Å². The van der Waals surface area contributed by atoms with E-state index in [0.717, 1.165) is 6.26 Å². The van der Waals surface area contributed by atoms with Crippen LogP contribution in [-0.4, -0.2) is 25.6 Å². The lowest BCUT2D eigenvalue weighted by molar-refractivity contribution is 0.0996. The van der Waals surface area contributed by atoms with Gasteiger partial charge in [0.25, 0.3) is 5.91 Å². The van der Waals surface area contributed by atoms with Crippen molar-refractivity contribution in [1.82, 2.24) is 4.98 Å². The van der Waals surface area contributed by atoms with Crippen molar-refractivity contribution in [2.75, 3.05) is 6.26 Å². The zero-order chi connectivity index (χ0) is 12.8. The van der Waals surface area contributed by atoms with E-state index in [-0.39, 0.29) is 4.90 Å². The number of H-pyrrole nitrogens is 1. The number of rotatable bonds is 2. The van der Waals surface area contributed by atoms with Gasteiger partial charge in [-0.3, -0.25) is 4.79 Å². The van der Waals surface area contributed by atoms with Crippen LogP contribution in [0.2, 0.25) is 0 Å². The van der Waals surface area contributed by atoms with E-state index in [9.17, 15) is 13.2 Å². The number of aromatic amines is 1. The molecule has 90 valence electrons.